The summed E-state index contributed by atoms with van der Waals surface area (Å²) in [6, 6.07) is 0. The predicted octanol–water partition coefficient (Wildman–Crippen LogP) is 4.37. The molecule has 0 aliphatic carbocycles. The van der Waals surface area contributed by atoms with E-state index >= 15 is 0 Å². The molecule has 0 fully saturated rings. The molecular formula is C17H28O3. The van der Waals surface area contributed by atoms with Gasteiger partial charge in [-0.2, -0.15) is 0 Å². The van der Waals surface area contributed by atoms with E-state index in [4.69, 9.17) is 4.74 Å². The highest BCUT2D eigenvalue weighted by Crippen LogP contribution is 2.11. The number of carbonyl (C=O) groups excluding carboxylic acids is 2. The molecule has 1 atom stereocenters. The summed E-state index contributed by atoms with van der Waals surface area (Å²) in [6.45, 7) is 5.10. The van der Waals surface area contributed by atoms with Crippen LogP contribution in [0.2, 0.25) is 0 Å². The zero-order valence-corrected chi connectivity index (χ0v) is 13.1. The molecule has 0 bridgehead atoms. The van der Waals surface area contributed by atoms with E-state index in [0.29, 0.717) is 6.42 Å². The van der Waals surface area contributed by atoms with Crippen LogP contribution in [0.3, 0.4) is 0 Å². The lowest BCUT2D eigenvalue weighted by atomic mass is 10.1. The molecule has 3 heteroatoms. The molecule has 0 N–H and O–H groups in total. The van der Waals surface area contributed by atoms with Gasteiger partial charge in [-0.15, -0.1) is 0 Å². The van der Waals surface area contributed by atoms with E-state index in [9.17, 15) is 9.59 Å². The van der Waals surface area contributed by atoms with E-state index in [0.717, 1.165) is 38.5 Å². The fourth-order valence-electron chi connectivity index (χ4n) is 1.88. The number of esters is 1. The van der Waals surface area contributed by atoms with Crippen molar-refractivity contribution in [3.63, 3.8) is 0 Å². The standard InChI is InChI=1S/C17H28O3/c1-4-17(20-16(3)19)14-12-10-8-6-5-7-9-11-13-15(2)18/h5,7,9,11,17H,4,6,8,10,12-14H2,1-3H3. The quantitative estimate of drug-likeness (QED) is 0.320. The summed E-state index contributed by atoms with van der Waals surface area (Å²) in [5.41, 5.74) is 0. The zero-order chi connectivity index (χ0) is 15.2. The van der Waals surface area contributed by atoms with Gasteiger partial charge in [0.15, 0.2) is 0 Å². The number of ketones is 1. The Morgan fingerprint density at radius 1 is 1.05 bits per heavy atom. The molecule has 0 saturated heterocycles. The van der Waals surface area contributed by atoms with E-state index in [2.05, 4.69) is 6.08 Å². The van der Waals surface area contributed by atoms with Gasteiger partial charge in [0, 0.05) is 13.3 Å². The summed E-state index contributed by atoms with van der Waals surface area (Å²) in [5, 5.41) is 0. The number of unbranched alkanes of at least 4 members (excludes halogenated alkanes) is 3. The third-order valence-electron chi connectivity index (χ3n) is 2.97. The van der Waals surface area contributed by atoms with Crippen LogP contribution in [-0.4, -0.2) is 17.9 Å². The molecule has 3 nitrogen and oxygen atoms in total. The number of Topliss-reactive ketones (excluding diaryl/α,β-unsaturated/α-hetero) is 1. The fourth-order valence-corrected chi connectivity index (χ4v) is 1.88. The molecule has 0 aliphatic heterocycles. The molecular weight excluding hydrogens is 252 g/mol. The lowest BCUT2D eigenvalue weighted by Crippen LogP contribution is -2.14. The van der Waals surface area contributed by atoms with Crippen LogP contribution >= 0.6 is 0 Å². The minimum Gasteiger partial charge on any atom is -0.463 e. The molecule has 0 aromatic heterocycles. The van der Waals surface area contributed by atoms with Crippen molar-refractivity contribution in [3.8, 4) is 0 Å². The highest BCUT2D eigenvalue weighted by atomic mass is 16.5. The summed E-state index contributed by atoms with van der Waals surface area (Å²) in [7, 11) is 0. The lowest BCUT2D eigenvalue weighted by Gasteiger charge is -2.14. The van der Waals surface area contributed by atoms with Gasteiger partial charge in [-0.1, -0.05) is 37.6 Å². The van der Waals surface area contributed by atoms with E-state index in [1.54, 1.807) is 6.92 Å². The molecule has 0 aromatic carbocycles. The topological polar surface area (TPSA) is 43.4 Å². The molecule has 0 rings (SSSR count). The monoisotopic (exact) mass is 280 g/mol. The second kappa shape index (κ2) is 12.6. The molecule has 0 radical (unpaired) electrons. The van der Waals surface area contributed by atoms with Crippen molar-refractivity contribution >= 4 is 11.8 Å². The van der Waals surface area contributed by atoms with Crippen LogP contribution < -0.4 is 0 Å². The first-order chi connectivity index (χ1) is 9.56. The maximum Gasteiger partial charge on any atom is 0.302 e. The Morgan fingerprint density at radius 2 is 1.75 bits per heavy atom. The molecule has 1 unspecified atom stereocenters. The largest absolute Gasteiger partial charge is 0.463 e. The number of ether oxygens (including phenoxy) is 1. The van der Waals surface area contributed by atoms with Gasteiger partial charge >= 0.3 is 5.97 Å². The number of hydrogen-bond donors (Lipinski definition) is 0. The Morgan fingerprint density at radius 3 is 2.35 bits per heavy atom. The highest BCUT2D eigenvalue weighted by Gasteiger charge is 2.08. The summed E-state index contributed by atoms with van der Waals surface area (Å²) in [6.07, 6.45) is 14.8. The van der Waals surface area contributed by atoms with Crippen LogP contribution in [0.4, 0.5) is 0 Å². The Labute approximate surface area is 123 Å². The average Bonchev–Trinajstić information content (AvgIpc) is 2.38. The van der Waals surface area contributed by atoms with Crippen molar-refractivity contribution in [2.75, 3.05) is 0 Å². The number of allylic oxidation sites excluding steroid dienone is 4. The smallest absolute Gasteiger partial charge is 0.302 e. The minimum atomic E-state index is -0.183. The van der Waals surface area contributed by atoms with Gasteiger partial charge in [0.25, 0.3) is 0 Å². The van der Waals surface area contributed by atoms with Crippen LogP contribution in [0.15, 0.2) is 24.3 Å². The lowest BCUT2D eigenvalue weighted by molar-refractivity contribution is -0.146. The first kappa shape index (κ1) is 18.6. The third-order valence-corrected chi connectivity index (χ3v) is 2.97. The summed E-state index contributed by atoms with van der Waals surface area (Å²) in [4.78, 5) is 21.5. The van der Waals surface area contributed by atoms with Crippen molar-refractivity contribution in [2.24, 2.45) is 0 Å². The Hall–Kier alpha value is -1.38. The molecule has 0 amide bonds. The summed E-state index contributed by atoms with van der Waals surface area (Å²) in [5.74, 6) is 0.00467. The van der Waals surface area contributed by atoms with E-state index in [1.165, 1.54) is 6.92 Å². The van der Waals surface area contributed by atoms with Gasteiger partial charge in [-0.3, -0.25) is 9.59 Å². The molecule has 0 aromatic rings. The van der Waals surface area contributed by atoms with E-state index < -0.39 is 0 Å². The molecule has 20 heavy (non-hydrogen) atoms. The van der Waals surface area contributed by atoms with Crippen LogP contribution in [0.1, 0.15) is 65.7 Å². The average molecular weight is 280 g/mol. The Kier molecular flexibility index (Phi) is 11.8. The Balaban J connectivity index is 3.52. The molecule has 0 saturated carbocycles. The normalized spacial score (nSPS) is 12.9. The number of rotatable bonds is 11. The Bertz CT molecular complexity index is 329. The fraction of sp³-hybridized carbons (Fsp3) is 0.647. The van der Waals surface area contributed by atoms with Crippen molar-refractivity contribution < 1.29 is 14.3 Å². The third kappa shape index (κ3) is 13.1. The summed E-state index contributed by atoms with van der Waals surface area (Å²) < 4.78 is 5.20. The van der Waals surface area contributed by atoms with Crippen LogP contribution in [0.25, 0.3) is 0 Å². The minimum absolute atomic E-state index is 0.0811. The van der Waals surface area contributed by atoms with Crippen molar-refractivity contribution in [3.05, 3.63) is 24.3 Å². The van der Waals surface area contributed by atoms with Gasteiger partial charge in [0.2, 0.25) is 0 Å². The van der Waals surface area contributed by atoms with Crippen LogP contribution in [-0.2, 0) is 14.3 Å². The van der Waals surface area contributed by atoms with Gasteiger partial charge in [0.1, 0.15) is 11.9 Å². The van der Waals surface area contributed by atoms with Gasteiger partial charge < -0.3 is 4.74 Å². The van der Waals surface area contributed by atoms with Gasteiger partial charge in [-0.25, -0.2) is 0 Å². The van der Waals surface area contributed by atoms with E-state index in [-0.39, 0.29) is 17.9 Å². The van der Waals surface area contributed by atoms with Gasteiger partial charge in [0.05, 0.1) is 0 Å². The van der Waals surface area contributed by atoms with Crippen molar-refractivity contribution in [2.45, 2.75) is 71.8 Å². The zero-order valence-electron chi connectivity index (χ0n) is 13.1. The molecule has 114 valence electrons. The van der Waals surface area contributed by atoms with E-state index in [1.807, 2.05) is 25.2 Å². The second-order valence-electron chi connectivity index (χ2n) is 5.04. The molecule has 0 heterocycles. The first-order valence-corrected chi connectivity index (χ1v) is 7.54. The maximum absolute atomic E-state index is 10.9. The first-order valence-electron chi connectivity index (χ1n) is 7.54. The van der Waals surface area contributed by atoms with Crippen molar-refractivity contribution in [1.29, 1.82) is 0 Å². The highest BCUT2D eigenvalue weighted by molar-refractivity contribution is 5.77. The predicted molar refractivity (Wildman–Crippen MR) is 82.5 cm³/mol. The number of carbonyl (C=O) groups is 2. The van der Waals surface area contributed by atoms with Crippen LogP contribution in [0.5, 0.6) is 0 Å². The van der Waals surface area contributed by atoms with Gasteiger partial charge in [-0.05, 0) is 39.0 Å². The second-order valence-corrected chi connectivity index (χ2v) is 5.04. The SMILES string of the molecule is CCC(CCCCCC=CC=CCC(C)=O)OC(C)=O. The van der Waals surface area contributed by atoms with Crippen LogP contribution in [0, 0.1) is 0 Å². The maximum atomic E-state index is 10.9. The molecule has 0 aliphatic rings. The van der Waals surface area contributed by atoms with Crippen molar-refractivity contribution in [1.82, 2.24) is 0 Å². The molecule has 0 spiro atoms. The summed E-state index contributed by atoms with van der Waals surface area (Å²) >= 11 is 0. The number of hydrogen-bond acceptors (Lipinski definition) is 3.